The maximum absolute atomic E-state index is 12.6. The smallest absolute Gasteiger partial charge is 0.355 e. The van der Waals surface area contributed by atoms with E-state index in [0.29, 0.717) is 22.9 Å². The molecule has 1 heterocycles. The van der Waals surface area contributed by atoms with E-state index in [4.69, 9.17) is 4.74 Å². The molecule has 0 amide bonds. The molecule has 0 aliphatic rings. The Labute approximate surface area is 170 Å². The van der Waals surface area contributed by atoms with Crippen molar-refractivity contribution in [2.24, 2.45) is 0 Å². The maximum Gasteiger partial charge on any atom is 0.355 e. The molecule has 0 radical (unpaired) electrons. The summed E-state index contributed by atoms with van der Waals surface area (Å²) in [6.45, 7) is 7.85. The summed E-state index contributed by atoms with van der Waals surface area (Å²) in [6, 6.07) is 9.60. The predicted octanol–water partition coefficient (Wildman–Crippen LogP) is 3.62. The molecule has 0 fully saturated rings. The van der Waals surface area contributed by atoms with Gasteiger partial charge in [0.25, 0.3) is 0 Å². The van der Waals surface area contributed by atoms with E-state index in [-0.39, 0.29) is 11.7 Å². The summed E-state index contributed by atoms with van der Waals surface area (Å²) in [5.41, 5.74) is 0.707. The second-order valence-corrected chi connectivity index (χ2v) is 8.94. The summed E-state index contributed by atoms with van der Waals surface area (Å²) in [5.74, 6) is -1.40. The first-order valence-electron chi connectivity index (χ1n) is 9.35. The summed E-state index contributed by atoms with van der Waals surface area (Å²) < 4.78 is 5.53. The number of aromatic nitrogens is 1. The van der Waals surface area contributed by atoms with E-state index in [9.17, 15) is 14.7 Å². The highest BCUT2D eigenvalue weighted by atomic mass is 32.1. The number of carbonyl (C=O) groups excluding carboxylic acids is 1. The Morgan fingerprint density at radius 2 is 1.93 bits per heavy atom. The molecule has 1 atom stereocenters. The molecule has 2 N–H and O–H groups in total. The molecule has 0 saturated carbocycles. The van der Waals surface area contributed by atoms with Crippen molar-refractivity contribution < 1.29 is 19.4 Å². The van der Waals surface area contributed by atoms with Gasteiger partial charge in [0, 0.05) is 11.3 Å². The Kier molecular flexibility index (Phi) is 7.71. The fraction of sp³-hybridized carbons (Fsp3) is 0.476. The number of aryl methyl sites for hydroxylation is 2. The lowest BCUT2D eigenvalue weighted by molar-refractivity contribution is -0.157. The molecule has 0 bridgehead atoms. The normalized spacial score (nSPS) is 12.6. The van der Waals surface area contributed by atoms with Gasteiger partial charge in [-0.2, -0.15) is 0 Å². The lowest BCUT2D eigenvalue weighted by Gasteiger charge is -2.24. The van der Waals surface area contributed by atoms with E-state index in [0.717, 1.165) is 12.8 Å². The summed E-state index contributed by atoms with van der Waals surface area (Å²) in [5, 5.41) is 13.1. The highest BCUT2D eigenvalue weighted by molar-refractivity contribution is 7.11. The van der Waals surface area contributed by atoms with Crippen molar-refractivity contribution in [3.05, 3.63) is 51.5 Å². The van der Waals surface area contributed by atoms with E-state index in [2.05, 4.69) is 22.4 Å². The topological polar surface area (TPSA) is 88.5 Å². The van der Waals surface area contributed by atoms with Crippen LogP contribution in [0, 0.1) is 6.92 Å². The summed E-state index contributed by atoms with van der Waals surface area (Å²) in [7, 11) is 0. The number of nitrogens with zero attached hydrogens (tertiary/aromatic N) is 1. The third-order valence-electron chi connectivity index (χ3n) is 3.99. The Bertz CT molecular complexity index is 796. The van der Waals surface area contributed by atoms with Crippen LogP contribution in [0.3, 0.4) is 0 Å². The average molecular weight is 405 g/mol. The number of rotatable bonds is 9. The zero-order chi connectivity index (χ0) is 20.7. The van der Waals surface area contributed by atoms with Crippen molar-refractivity contribution in [3.8, 4) is 0 Å². The summed E-state index contributed by atoms with van der Waals surface area (Å²) in [4.78, 5) is 28.7. The van der Waals surface area contributed by atoms with Crippen molar-refractivity contribution in [2.75, 3.05) is 6.54 Å². The second-order valence-electron chi connectivity index (χ2n) is 7.65. The molecule has 0 aliphatic carbocycles. The Morgan fingerprint density at radius 3 is 2.50 bits per heavy atom. The van der Waals surface area contributed by atoms with E-state index in [1.807, 2.05) is 39.0 Å². The van der Waals surface area contributed by atoms with Crippen LogP contribution in [-0.2, 0) is 22.4 Å². The minimum atomic E-state index is -1.05. The highest BCUT2D eigenvalue weighted by Crippen LogP contribution is 2.20. The number of nitrogens with one attached hydrogen (secondary N) is 1. The minimum absolute atomic E-state index is 0.0482. The molecule has 0 aliphatic heterocycles. The van der Waals surface area contributed by atoms with Gasteiger partial charge in [-0.3, -0.25) is 4.79 Å². The highest BCUT2D eigenvalue weighted by Gasteiger charge is 2.27. The molecule has 1 aromatic carbocycles. The van der Waals surface area contributed by atoms with Crippen molar-refractivity contribution >= 4 is 23.3 Å². The monoisotopic (exact) mass is 404 g/mol. The average Bonchev–Trinajstić information content (AvgIpc) is 2.97. The van der Waals surface area contributed by atoms with Gasteiger partial charge < -0.3 is 15.2 Å². The number of ether oxygens (including phenoxy) is 1. The van der Waals surface area contributed by atoms with Gasteiger partial charge in [0.2, 0.25) is 0 Å². The first-order chi connectivity index (χ1) is 13.2. The Balaban J connectivity index is 2.01. The first kappa shape index (κ1) is 22.0. The third-order valence-corrected chi connectivity index (χ3v) is 4.98. The van der Waals surface area contributed by atoms with Crippen LogP contribution in [0.15, 0.2) is 30.3 Å². The van der Waals surface area contributed by atoms with Crippen LogP contribution < -0.4 is 5.32 Å². The van der Waals surface area contributed by atoms with E-state index in [1.165, 1.54) is 16.9 Å². The van der Waals surface area contributed by atoms with Crippen LogP contribution in [0.25, 0.3) is 0 Å². The SMILES string of the molecule is Cc1sc(CC(NCCCc2ccccc2)C(=O)OC(C)(C)C)nc1C(=O)O. The number of esters is 1. The molecule has 1 unspecified atom stereocenters. The van der Waals surface area contributed by atoms with E-state index >= 15 is 0 Å². The predicted molar refractivity (Wildman–Crippen MR) is 110 cm³/mol. The first-order valence-corrected chi connectivity index (χ1v) is 10.2. The number of hydrogen-bond acceptors (Lipinski definition) is 6. The molecule has 0 spiro atoms. The number of aromatic carboxylic acids is 1. The van der Waals surface area contributed by atoms with Crippen LogP contribution in [0.1, 0.15) is 53.1 Å². The van der Waals surface area contributed by atoms with Gasteiger partial charge in [0.15, 0.2) is 5.69 Å². The summed E-state index contributed by atoms with van der Waals surface area (Å²) in [6.07, 6.45) is 2.09. The molecular formula is C21H28N2O4S. The number of hydrogen-bond donors (Lipinski definition) is 2. The van der Waals surface area contributed by atoms with Crippen LogP contribution in [-0.4, -0.2) is 40.2 Å². The quantitative estimate of drug-likeness (QED) is 0.490. The second kappa shape index (κ2) is 9.80. The van der Waals surface area contributed by atoms with Gasteiger partial charge in [0.05, 0.1) is 5.01 Å². The number of carbonyl (C=O) groups is 2. The zero-order valence-corrected chi connectivity index (χ0v) is 17.6. The standard InChI is InChI=1S/C21H28N2O4S/c1-14-18(19(24)25)23-17(28-14)13-16(20(26)27-21(2,3)4)22-12-8-11-15-9-6-5-7-10-15/h5-7,9-10,16,22H,8,11-13H2,1-4H3,(H,24,25). The van der Waals surface area contributed by atoms with Crippen molar-refractivity contribution in [3.63, 3.8) is 0 Å². The largest absolute Gasteiger partial charge is 0.476 e. The van der Waals surface area contributed by atoms with E-state index in [1.54, 1.807) is 6.92 Å². The molecule has 152 valence electrons. The number of benzene rings is 1. The van der Waals surface area contributed by atoms with Crippen LogP contribution >= 0.6 is 11.3 Å². The van der Waals surface area contributed by atoms with Crippen LogP contribution in [0.2, 0.25) is 0 Å². The molecule has 28 heavy (non-hydrogen) atoms. The van der Waals surface area contributed by atoms with Crippen LogP contribution in [0.4, 0.5) is 0 Å². The minimum Gasteiger partial charge on any atom is -0.476 e. The lowest BCUT2D eigenvalue weighted by atomic mass is 10.1. The van der Waals surface area contributed by atoms with Gasteiger partial charge in [-0.15, -0.1) is 11.3 Å². The lowest BCUT2D eigenvalue weighted by Crippen LogP contribution is -2.43. The Morgan fingerprint density at radius 1 is 1.25 bits per heavy atom. The molecular weight excluding hydrogens is 376 g/mol. The Hall–Kier alpha value is -2.25. The number of carboxylic acids is 1. The number of thiazole rings is 1. The van der Waals surface area contributed by atoms with Crippen LogP contribution in [0.5, 0.6) is 0 Å². The van der Waals surface area contributed by atoms with Crippen molar-refractivity contribution in [2.45, 2.75) is 58.6 Å². The molecule has 1 aromatic heterocycles. The van der Waals surface area contributed by atoms with E-state index < -0.39 is 17.6 Å². The summed E-state index contributed by atoms with van der Waals surface area (Å²) >= 11 is 1.30. The van der Waals surface area contributed by atoms with Crippen molar-refractivity contribution in [1.82, 2.24) is 10.3 Å². The molecule has 6 nitrogen and oxygen atoms in total. The fourth-order valence-electron chi connectivity index (χ4n) is 2.74. The molecule has 2 aromatic rings. The van der Waals surface area contributed by atoms with Gasteiger partial charge in [-0.1, -0.05) is 30.3 Å². The molecule has 0 saturated heterocycles. The molecule has 7 heteroatoms. The third kappa shape index (κ3) is 7.05. The van der Waals surface area contributed by atoms with Gasteiger partial charge in [-0.05, 0) is 52.6 Å². The zero-order valence-electron chi connectivity index (χ0n) is 16.8. The van der Waals surface area contributed by atoms with Gasteiger partial charge in [0.1, 0.15) is 11.6 Å². The van der Waals surface area contributed by atoms with Gasteiger partial charge in [-0.25, -0.2) is 9.78 Å². The fourth-order valence-corrected chi connectivity index (χ4v) is 3.71. The van der Waals surface area contributed by atoms with Crippen molar-refractivity contribution in [1.29, 1.82) is 0 Å². The molecule has 2 rings (SSSR count). The number of carboxylic acid groups (broad SMARTS) is 1. The van der Waals surface area contributed by atoms with Gasteiger partial charge >= 0.3 is 11.9 Å². The maximum atomic E-state index is 12.6.